The molecule has 0 aromatic rings. The van der Waals surface area contributed by atoms with E-state index < -0.39 is 13.2 Å². The molecular formula is C23H46O5P+. The topological polar surface area (TPSA) is 54.0 Å². The molecule has 9 atom stereocenters. The molecule has 1 saturated heterocycles. The summed E-state index contributed by atoms with van der Waals surface area (Å²) in [5.41, 5.74) is -0.553. The zero-order valence-electron chi connectivity index (χ0n) is 20.4. The molecule has 9 unspecified atom stereocenters. The van der Waals surface area contributed by atoms with Crippen molar-refractivity contribution in [1.82, 2.24) is 0 Å². The molecule has 0 aromatic carbocycles. The highest BCUT2D eigenvalue weighted by Crippen LogP contribution is 2.56. The molecule has 1 heterocycles. The van der Waals surface area contributed by atoms with Gasteiger partial charge in [-0.2, -0.15) is 4.74 Å². The Kier molecular flexibility index (Phi) is 10.7. The van der Waals surface area contributed by atoms with E-state index in [9.17, 15) is 4.57 Å². The van der Waals surface area contributed by atoms with Crippen molar-refractivity contribution in [3.8, 4) is 0 Å². The normalized spacial score (nSPS) is 29.2. The van der Waals surface area contributed by atoms with Crippen molar-refractivity contribution in [2.45, 2.75) is 92.5 Å². The lowest BCUT2D eigenvalue weighted by Gasteiger charge is -2.47. The minimum Gasteiger partial charge on any atom is -0.382 e. The van der Waals surface area contributed by atoms with Crippen molar-refractivity contribution in [1.29, 1.82) is 0 Å². The van der Waals surface area contributed by atoms with Gasteiger partial charge >= 0.3 is 7.60 Å². The van der Waals surface area contributed by atoms with Crippen LogP contribution in [0.1, 0.15) is 74.7 Å². The van der Waals surface area contributed by atoms with E-state index in [0.717, 1.165) is 12.8 Å². The molecule has 29 heavy (non-hydrogen) atoms. The minimum absolute atomic E-state index is 0.236. The van der Waals surface area contributed by atoms with Gasteiger partial charge in [0.05, 0.1) is 12.2 Å². The summed E-state index contributed by atoms with van der Waals surface area (Å²) in [6, 6.07) is 0. The van der Waals surface area contributed by atoms with Gasteiger partial charge in [-0.1, -0.05) is 61.3 Å². The summed E-state index contributed by atoms with van der Waals surface area (Å²) in [5, 5.41) is 0. The summed E-state index contributed by atoms with van der Waals surface area (Å²) >= 11 is 0. The molecule has 6 heteroatoms. The van der Waals surface area contributed by atoms with E-state index in [2.05, 4.69) is 55.4 Å². The monoisotopic (exact) mass is 433 g/mol. The molecule has 1 rings (SSSR count). The van der Waals surface area contributed by atoms with Crippen LogP contribution in [-0.4, -0.2) is 38.2 Å². The average Bonchev–Trinajstić information content (AvgIpc) is 3.10. The van der Waals surface area contributed by atoms with Crippen LogP contribution in [0.4, 0.5) is 0 Å². The number of hydrogen-bond donors (Lipinski definition) is 0. The second-order valence-corrected chi connectivity index (χ2v) is 11.4. The quantitative estimate of drug-likeness (QED) is 0.243. The summed E-state index contributed by atoms with van der Waals surface area (Å²) in [4.78, 5) is 0. The van der Waals surface area contributed by atoms with Crippen LogP contribution < -0.4 is 0 Å². The molecule has 0 N–H and O–H groups in total. The first kappa shape index (κ1) is 27.0. The molecule has 172 valence electrons. The predicted octanol–water partition coefficient (Wildman–Crippen LogP) is 6.57. The first-order valence-electron chi connectivity index (χ1n) is 11.4. The van der Waals surface area contributed by atoms with Crippen LogP contribution >= 0.6 is 7.60 Å². The van der Waals surface area contributed by atoms with Crippen LogP contribution in [0.5, 0.6) is 0 Å². The Morgan fingerprint density at radius 1 is 1.10 bits per heavy atom. The molecular weight excluding hydrogens is 387 g/mol. The summed E-state index contributed by atoms with van der Waals surface area (Å²) < 4.78 is 36.9. The number of hydrogen-bond acceptors (Lipinski definition) is 5. The second kappa shape index (κ2) is 11.5. The third kappa shape index (κ3) is 6.97. The Labute approximate surface area is 180 Å². The van der Waals surface area contributed by atoms with Crippen molar-refractivity contribution in [2.75, 3.05) is 20.4 Å². The minimum atomic E-state index is -3.32. The zero-order chi connectivity index (χ0) is 22.4. The Bertz CT molecular complexity index is 527. The lowest BCUT2D eigenvalue weighted by molar-refractivity contribution is -0.0764. The molecule has 0 bridgehead atoms. The largest absolute Gasteiger partial charge is 0.382 e. The van der Waals surface area contributed by atoms with E-state index in [-0.39, 0.29) is 24.0 Å². The van der Waals surface area contributed by atoms with Gasteiger partial charge in [0.1, 0.15) is 6.10 Å². The SMILES string of the molecule is CCC(C)C(C)C(C)C(C)(OP(C)(=O)OC1C[CH+]OC1COC)C(C)C(C)CC. The fraction of sp³-hybridized carbons (Fsp3) is 0.957. The number of methoxy groups -OCH3 is 1. The van der Waals surface area contributed by atoms with Crippen molar-refractivity contribution < 1.29 is 23.1 Å². The van der Waals surface area contributed by atoms with Crippen molar-refractivity contribution >= 4 is 7.60 Å². The molecule has 5 nitrogen and oxygen atoms in total. The molecule has 0 radical (unpaired) electrons. The van der Waals surface area contributed by atoms with Crippen LogP contribution in [0, 0.1) is 36.2 Å². The molecule has 0 saturated carbocycles. The molecule has 1 aliphatic heterocycles. The van der Waals surface area contributed by atoms with Gasteiger partial charge in [-0.05, 0) is 36.5 Å². The van der Waals surface area contributed by atoms with E-state index in [0.29, 0.717) is 30.8 Å². The van der Waals surface area contributed by atoms with Crippen molar-refractivity contribution in [3.63, 3.8) is 0 Å². The summed E-state index contributed by atoms with van der Waals surface area (Å²) in [6.45, 7) is 21.6. The molecule has 1 fully saturated rings. The first-order valence-corrected chi connectivity index (χ1v) is 13.3. The Morgan fingerprint density at radius 2 is 1.69 bits per heavy atom. The van der Waals surface area contributed by atoms with Crippen molar-refractivity contribution in [2.24, 2.45) is 29.6 Å². The summed E-state index contributed by atoms with van der Waals surface area (Å²) in [7, 11) is -1.69. The van der Waals surface area contributed by atoms with Gasteiger partial charge < -0.3 is 9.26 Å². The highest BCUT2D eigenvalue weighted by Gasteiger charge is 2.48. The van der Waals surface area contributed by atoms with E-state index in [1.807, 2.05) is 0 Å². The molecule has 1 aliphatic rings. The smallest absolute Gasteiger partial charge is 0.328 e. The van der Waals surface area contributed by atoms with Gasteiger partial charge in [0.15, 0.2) is 12.5 Å². The van der Waals surface area contributed by atoms with E-state index >= 15 is 0 Å². The van der Waals surface area contributed by atoms with Crippen LogP contribution in [0.15, 0.2) is 0 Å². The van der Waals surface area contributed by atoms with Crippen LogP contribution in [0.25, 0.3) is 0 Å². The van der Waals surface area contributed by atoms with Crippen LogP contribution in [0.2, 0.25) is 0 Å². The van der Waals surface area contributed by atoms with Gasteiger partial charge in [-0.25, -0.2) is 0 Å². The Hall–Kier alpha value is -0.0600. The van der Waals surface area contributed by atoms with Gasteiger partial charge in [-0.15, -0.1) is 0 Å². The second-order valence-electron chi connectivity index (χ2n) is 9.43. The average molecular weight is 434 g/mol. The molecule has 0 aliphatic carbocycles. The van der Waals surface area contributed by atoms with Crippen LogP contribution in [0.3, 0.4) is 0 Å². The first-order chi connectivity index (χ1) is 13.4. The maximum atomic E-state index is 13.6. The van der Waals surface area contributed by atoms with E-state index in [4.69, 9.17) is 18.5 Å². The Morgan fingerprint density at radius 3 is 2.21 bits per heavy atom. The zero-order valence-corrected chi connectivity index (χ0v) is 21.3. The maximum Gasteiger partial charge on any atom is 0.328 e. The molecule has 0 aromatic heterocycles. The lowest BCUT2D eigenvalue weighted by Crippen LogP contribution is -2.48. The Balaban J connectivity index is 3.10. The third-order valence-electron chi connectivity index (χ3n) is 7.67. The summed E-state index contributed by atoms with van der Waals surface area (Å²) in [6.07, 6.45) is 2.21. The number of rotatable bonds is 13. The van der Waals surface area contributed by atoms with Crippen molar-refractivity contribution in [3.05, 3.63) is 6.61 Å². The van der Waals surface area contributed by atoms with Gasteiger partial charge in [0.2, 0.25) is 6.61 Å². The standard InChI is InChI=1S/C23H46O5P/c1-11-16(3)18(5)20(7)23(8,19(6)17(4)12-2)28-29(10,24)27-21-13-14-26-22(21)15-25-9/h14,16-22H,11-13,15H2,1-10H3/q+1. The van der Waals surface area contributed by atoms with E-state index in [1.54, 1.807) is 20.4 Å². The van der Waals surface area contributed by atoms with Gasteiger partial charge in [0.25, 0.3) is 0 Å². The third-order valence-corrected chi connectivity index (χ3v) is 9.05. The van der Waals surface area contributed by atoms with Crippen LogP contribution in [-0.2, 0) is 23.1 Å². The molecule has 0 amide bonds. The molecule has 0 spiro atoms. The highest BCUT2D eigenvalue weighted by atomic mass is 31.2. The lowest BCUT2D eigenvalue weighted by atomic mass is 9.67. The van der Waals surface area contributed by atoms with E-state index in [1.165, 1.54) is 0 Å². The summed E-state index contributed by atoms with van der Waals surface area (Å²) in [5.74, 6) is 1.95. The number of ether oxygens (including phenoxy) is 2. The highest BCUT2D eigenvalue weighted by molar-refractivity contribution is 7.53. The fourth-order valence-corrected chi connectivity index (χ4v) is 6.25. The van der Waals surface area contributed by atoms with Gasteiger partial charge in [0, 0.05) is 13.8 Å². The fourth-order valence-electron chi connectivity index (χ4n) is 4.45. The maximum absolute atomic E-state index is 13.6. The van der Waals surface area contributed by atoms with Gasteiger partial charge in [-0.3, -0.25) is 9.09 Å². The predicted molar refractivity (Wildman–Crippen MR) is 120 cm³/mol.